The van der Waals surface area contributed by atoms with Crippen LogP contribution in [0.3, 0.4) is 0 Å². The maximum absolute atomic E-state index is 10.8. The van der Waals surface area contributed by atoms with Crippen molar-refractivity contribution in [2.75, 3.05) is 0 Å². The number of carboxylic acid groups (broad SMARTS) is 1. The van der Waals surface area contributed by atoms with E-state index in [0.29, 0.717) is 11.4 Å². The van der Waals surface area contributed by atoms with Gasteiger partial charge in [0.1, 0.15) is 10.3 Å². The molecule has 0 saturated carbocycles. The third-order valence-electron chi connectivity index (χ3n) is 2.08. The Morgan fingerprint density at radius 3 is 2.67 bits per heavy atom. The summed E-state index contributed by atoms with van der Waals surface area (Å²) in [6, 6.07) is 0. The number of nitrogens with zero attached hydrogens (tertiary/aromatic N) is 2. The molecule has 1 aromatic rings. The maximum Gasteiger partial charge on any atom is 0.317 e. The summed E-state index contributed by atoms with van der Waals surface area (Å²) < 4.78 is 0. The molecule has 0 aromatic carbocycles. The van der Waals surface area contributed by atoms with Gasteiger partial charge in [0, 0.05) is 0 Å². The van der Waals surface area contributed by atoms with Gasteiger partial charge in [0.25, 0.3) is 0 Å². The van der Waals surface area contributed by atoms with Crippen molar-refractivity contribution in [3.63, 3.8) is 0 Å². The first-order chi connectivity index (χ1) is 7.04. The molecule has 0 fully saturated rings. The van der Waals surface area contributed by atoms with E-state index in [0.717, 1.165) is 11.4 Å². The lowest BCUT2D eigenvalue weighted by atomic mass is 10.3. The van der Waals surface area contributed by atoms with Crippen LogP contribution < -0.4 is 0 Å². The van der Waals surface area contributed by atoms with E-state index in [4.69, 9.17) is 5.11 Å². The van der Waals surface area contributed by atoms with E-state index >= 15 is 0 Å². The summed E-state index contributed by atoms with van der Waals surface area (Å²) in [5.41, 5.74) is 1.72. The van der Waals surface area contributed by atoms with Gasteiger partial charge in [-0.3, -0.25) is 9.78 Å². The summed E-state index contributed by atoms with van der Waals surface area (Å²) in [5.74, 6) is -0.803. The average Bonchev–Trinajstić information content (AvgIpc) is 2.19. The second-order valence-electron chi connectivity index (χ2n) is 3.23. The van der Waals surface area contributed by atoms with E-state index in [-0.39, 0.29) is 0 Å². The molecule has 0 amide bonds. The number of hydrogen-bond donors (Lipinski definition) is 1. The molecular formula is C10H14N2O2S. The van der Waals surface area contributed by atoms with Crippen LogP contribution >= 0.6 is 11.8 Å². The predicted molar refractivity (Wildman–Crippen MR) is 59.1 cm³/mol. The molecule has 1 aromatic heterocycles. The van der Waals surface area contributed by atoms with Crippen LogP contribution in [-0.4, -0.2) is 26.3 Å². The SMILES string of the molecule is CCC(Sc1cnc(C)c(C)n1)C(=O)O. The Kier molecular flexibility index (Phi) is 4.08. The molecule has 1 unspecified atom stereocenters. The lowest BCUT2D eigenvalue weighted by Crippen LogP contribution is -2.15. The molecular weight excluding hydrogens is 212 g/mol. The van der Waals surface area contributed by atoms with Crippen LogP contribution in [0.25, 0.3) is 0 Å². The van der Waals surface area contributed by atoms with Gasteiger partial charge in [-0.15, -0.1) is 0 Å². The van der Waals surface area contributed by atoms with Crippen molar-refractivity contribution in [2.45, 2.75) is 37.5 Å². The van der Waals surface area contributed by atoms with Gasteiger partial charge in [-0.2, -0.15) is 0 Å². The van der Waals surface area contributed by atoms with Gasteiger partial charge in [-0.25, -0.2) is 4.98 Å². The van der Waals surface area contributed by atoms with Gasteiger partial charge < -0.3 is 5.11 Å². The van der Waals surface area contributed by atoms with Crippen molar-refractivity contribution >= 4 is 17.7 Å². The van der Waals surface area contributed by atoms with Crippen LogP contribution in [0.1, 0.15) is 24.7 Å². The molecule has 0 radical (unpaired) electrons. The Balaban J connectivity index is 2.80. The van der Waals surface area contributed by atoms with Crippen molar-refractivity contribution in [3.8, 4) is 0 Å². The number of aromatic nitrogens is 2. The highest BCUT2D eigenvalue weighted by molar-refractivity contribution is 8.00. The summed E-state index contributed by atoms with van der Waals surface area (Å²) in [4.78, 5) is 19.2. The minimum Gasteiger partial charge on any atom is -0.480 e. The van der Waals surface area contributed by atoms with Crippen LogP contribution in [0.2, 0.25) is 0 Å². The molecule has 0 aliphatic carbocycles. The zero-order chi connectivity index (χ0) is 11.4. The number of carboxylic acids is 1. The molecule has 15 heavy (non-hydrogen) atoms. The van der Waals surface area contributed by atoms with E-state index < -0.39 is 11.2 Å². The Bertz CT molecular complexity index is 368. The zero-order valence-electron chi connectivity index (χ0n) is 9.02. The summed E-state index contributed by atoms with van der Waals surface area (Å²) >= 11 is 1.25. The van der Waals surface area contributed by atoms with Crippen LogP contribution in [0.15, 0.2) is 11.2 Å². The fourth-order valence-electron chi connectivity index (χ4n) is 1.03. The minimum absolute atomic E-state index is 0.443. The van der Waals surface area contributed by atoms with Crippen molar-refractivity contribution in [1.82, 2.24) is 9.97 Å². The van der Waals surface area contributed by atoms with Crippen LogP contribution in [0.5, 0.6) is 0 Å². The third-order valence-corrected chi connectivity index (χ3v) is 3.34. The highest BCUT2D eigenvalue weighted by Crippen LogP contribution is 2.23. The molecule has 5 heteroatoms. The van der Waals surface area contributed by atoms with E-state index in [1.807, 2.05) is 20.8 Å². The van der Waals surface area contributed by atoms with E-state index in [2.05, 4.69) is 9.97 Å². The Labute approximate surface area is 93.1 Å². The summed E-state index contributed by atoms with van der Waals surface area (Å²) in [5, 5.41) is 9.12. The standard InChI is InChI=1S/C10H14N2O2S/c1-4-8(10(13)14)15-9-5-11-6(2)7(3)12-9/h5,8H,4H2,1-3H3,(H,13,14). The Morgan fingerprint density at radius 1 is 1.53 bits per heavy atom. The molecule has 4 nitrogen and oxygen atoms in total. The largest absolute Gasteiger partial charge is 0.480 e. The molecule has 1 atom stereocenters. The predicted octanol–water partition coefficient (Wildman–Crippen LogP) is 2.05. The fourth-order valence-corrected chi connectivity index (χ4v) is 1.89. The summed E-state index contributed by atoms with van der Waals surface area (Å²) in [6.07, 6.45) is 2.20. The average molecular weight is 226 g/mol. The molecule has 1 N–H and O–H groups in total. The Morgan fingerprint density at radius 2 is 2.20 bits per heavy atom. The molecule has 1 rings (SSSR count). The van der Waals surface area contributed by atoms with E-state index in [1.54, 1.807) is 6.20 Å². The van der Waals surface area contributed by atoms with Gasteiger partial charge >= 0.3 is 5.97 Å². The highest BCUT2D eigenvalue weighted by Gasteiger charge is 2.17. The van der Waals surface area contributed by atoms with Crippen LogP contribution in [0, 0.1) is 13.8 Å². The monoisotopic (exact) mass is 226 g/mol. The topological polar surface area (TPSA) is 63.1 Å². The number of hydrogen-bond acceptors (Lipinski definition) is 4. The van der Waals surface area contributed by atoms with Gasteiger partial charge in [0.2, 0.25) is 0 Å². The second-order valence-corrected chi connectivity index (χ2v) is 4.46. The molecule has 0 aliphatic rings. The smallest absolute Gasteiger partial charge is 0.317 e. The van der Waals surface area contributed by atoms with Crippen LogP contribution in [0.4, 0.5) is 0 Å². The first-order valence-electron chi connectivity index (χ1n) is 4.74. The molecule has 0 saturated heterocycles. The number of aliphatic carboxylic acids is 1. The van der Waals surface area contributed by atoms with E-state index in [9.17, 15) is 4.79 Å². The van der Waals surface area contributed by atoms with Crippen molar-refractivity contribution < 1.29 is 9.90 Å². The van der Waals surface area contributed by atoms with Gasteiger partial charge in [-0.1, -0.05) is 18.7 Å². The van der Waals surface area contributed by atoms with Crippen molar-refractivity contribution in [2.24, 2.45) is 0 Å². The van der Waals surface area contributed by atoms with Crippen LogP contribution in [-0.2, 0) is 4.79 Å². The molecule has 0 aliphatic heterocycles. The second kappa shape index (κ2) is 5.11. The highest BCUT2D eigenvalue weighted by atomic mass is 32.2. The number of carbonyl (C=O) groups is 1. The summed E-state index contributed by atoms with van der Waals surface area (Å²) in [6.45, 7) is 5.60. The fraction of sp³-hybridized carbons (Fsp3) is 0.500. The first kappa shape index (κ1) is 12.0. The maximum atomic E-state index is 10.8. The van der Waals surface area contributed by atoms with Crippen molar-refractivity contribution in [1.29, 1.82) is 0 Å². The molecule has 1 heterocycles. The molecule has 82 valence electrons. The lowest BCUT2D eigenvalue weighted by Gasteiger charge is -2.09. The van der Waals surface area contributed by atoms with Gasteiger partial charge in [0.15, 0.2) is 0 Å². The minimum atomic E-state index is -0.803. The number of aryl methyl sites for hydroxylation is 2. The molecule has 0 spiro atoms. The van der Waals surface area contributed by atoms with Gasteiger partial charge in [0.05, 0.1) is 17.6 Å². The lowest BCUT2D eigenvalue weighted by molar-refractivity contribution is -0.136. The van der Waals surface area contributed by atoms with E-state index in [1.165, 1.54) is 11.8 Å². The number of rotatable bonds is 4. The van der Waals surface area contributed by atoms with Gasteiger partial charge in [-0.05, 0) is 20.3 Å². The Hall–Kier alpha value is -1.10. The third kappa shape index (κ3) is 3.20. The van der Waals surface area contributed by atoms with Crippen molar-refractivity contribution in [3.05, 3.63) is 17.6 Å². The quantitative estimate of drug-likeness (QED) is 0.796. The normalized spacial score (nSPS) is 12.5. The number of thioether (sulfide) groups is 1. The zero-order valence-corrected chi connectivity index (χ0v) is 9.84. The summed E-state index contributed by atoms with van der Waals surface area (Å²) in [7, 11) is 0. The first-order valence-corrected chi connectivity index (χ1v) is 5.62. The molecule has 0 bridgehead atoms.